The van der Waals surface area contributed by atoms with Gasteiger partial charge in [0.25, 0.3) is 0 Å². The maximum Gasteiger partial charge on any atom is 0.0912 e. The minimum absolute atomic E-state index is 0. The molecule has 0 aliphatic heterocycles. The average Bonchev–Trinajstić information content (AvgIpc) is 2.36. The van der Waals surface area contributed by atoms with Crippen molar-refractivity contribution >= 4 is 23.7 Å². The molecule has 0 aromatic carbocycles. The second-order valence-electron chi connectivity index (χ2n) is 2.55. The Labute approximate surface area is 82.2 Å². The first-order valence-corrected chi connectivity index (χ1v) is 4.49. The van der Waals surface area contributed by atoms with E-state index < -0.39 is 0 Å². The van der Waals surface area contributed by atoms with E-state index in [2.05, 4.69) is 0 Å². The van der Waals surface area contributed by atoms with Crippen LogP contribution in [-0.4, -0.2) is 6.67 Å². The molecular formula is C8H13ClFNS. The highest BCUT2D eigenvalue weighted by Gasteiger charge is 2.08. The minimum atomic E-state index is -0.335. The van der Waals surface area contributed by atoms with Gasteiger partial charge in [-0.15, -0.1) is 23.7 Å². The van der Waals surface area contributed by atoms with E-state index >= 15 is 0 Å². The lowest BCUT2D eigenvalue weighted by atomic mass is 10.1. The van der Waals surface area contributed by atoms with Crippen LogP contribution in [0, 0.1) is 6.92 Å². The van der Waals surface area contributed by atoms with Crippen molar-refractivity contribution in [3.63, 3.8) is 0 Å². The van der Waals surface area contributed by atoms with Crippen LogP contribution in [0.25, 0.3) is 0 Å². The maximum atomic E-state index is 11.9. The van der Waals surface area contributed by atoms with E-state index in [1.54, 1.807) is 11.3 Å². The van der Waals surface area contributed by atoms with Crippen molar-refractivity contribution in [2.24, 2.45) is 5.73 Å². The summed E-state index contributed by atoms with van der Waals surface area (Å²) in [5, 5.41) is 1.99. The SMILES string of the molecule is Cc1ccsc1[C@H](N)CCF.Cl. The number of nitrogens with two attached hydrogens (primary N) is 1. The van der Waals surface area contributed by atoms with Gasteiger partial charge >= 0.3 is 0 Å². The van der Waals surface area contributed by atoms with Crippen LogP contribution >= 0.6 is 23.7 Å². The first-order valence-electron chi connectivity index (χ1n) is 3.61. The lowest BCUT2D eigenvalue weighted by Crippen LogP contribution is -2.10. The van der Waals surface area contributed by atoms with E-state index in [9.17, 15) is 4.39 Å². The molecule has 1 nitrogen and oxygen atoms in total. The van der Waals surface area contributed by atoms with Crippen molar-refractivity contribution in [1.29, 1.82) is 0 Å². The van der Waals surface area contributed by atoms with Gasteiger partial charge < -0.3 is 5.73 Å². The highest BCUT2D eigenvalue weighted by atomic mass is 35.5. The number of hydrogen-bond donors (Lipinski definition) is 1. The van der Waals surface area contributed by atoms with E-state index in [1.807, 2.05) is 18.4 Å². The van der Waals surface area contributed by atoms with Crippen molar-refractivity contribution in [3.05, 3.63) is 21.9 Å². The summed E-state index contributed by atoms with van der Waals surface area (Å²) in [4.78, 5) is 1.11. The maximum absolute atomic E-state index is 11.9. The molecule has 0 saturated carbocycles. The number of rotatable bonds is 3. The fraction of sp³-hybridized carbons (Fsp3) is 0.500. The molecule has 1 rings (SSSR count). The molecule has 0 unspecified atom stereocenters. The van der Waals surface area contributed by atoms with Crippen LogP contribution in [0.2, 0.25) is 0 Å². The quantitative estimate of drug-likeness (QED) is 0.814. The van der Waals surface area contributed by atoms with Crippen LogP contribution in [0.5, 0.6) is 0 Å². The Morgan fingerprint density at radius 3 is 2.75 bits per heavy atom. The zero-order chi connectivity index (χ0) is 8.27. The first kappa shape index (κ1) is 11.9. The zero-order valence-corrected chi connectivity index (χ0v) is 8.55. The lowest BCUT2D eigenvalue weighted by Gasteiger charge is -2.07. The molecule has 70 valence electrons. The van der Waals surface area contributed by atoms with Crippen molar-refractivity contribution in [2.75, 3.05) is 6.67 Å². The summed E-state index contributed by atoms with van der Waals surface area (Å²) in [5.41, 5.74) is 6.90. The van der Waals surface area contributed by atoms with E-state index in [0.717, 1.165) is 4.88 Å². The Morgan fingerprint density at radius 1 is 1.67 bits per heavy atom. The van der Waals surface area contributed by atoms with E-state index in [4.69, 9.17) is 5.73 Å². The molecule has 0 aliphatic carbocycles. The molecule has 4 heteroatoms. The van der Waals surface area contributed by atoms with Gasteiger partial charge in [-0.1, -0.05) is 0 Å². The third-order valence-electron chi connectivity index (χ3n) is 1.66. The van der Waals surface area contributed by atoms with Gasteiger partial charge in [-0.3, -0.25) is 4.39 Å². The molecule has 2 N–H and O–H groups in total. The first-order chi connectivity index (χ1) is 5.25. The monoisotopic (exact) mass is 209 g/mol. The van der Waals surface area contributed by atoms with Gasteiger partial charge in [0.15, 0.2) is 0 Å². The van der Waals surface area contributed by atoms with Gasteiger partial charge in [-0.2, -0.15) is 0 Å². The highest BCUT2D eigenvalue weighted by Crippen LogP contribution is 2.23. The van der Waals surface area contributed by atoms with Crippen molar-refractivity contribution in [2.45, 2.75) is 19.4 Å². The van der Waals surface area contributed by atoms with Crippen molar-refractivity contribution < 1.29 is 4.39 Å². The van der Waals surface area contributed by atoms with E-state index in [0.29, 0.717) is 6.42 Å². The molecule has 12 heavy (non-hydrogen) atoms. The average molecular weight is 210 g/mol. The molecule has 1 heterocycles. The summed E-state index contributed by atoms with van der Waals surface area (Å²) < 4.78 is 11.9. The van der Waals surface area contributed by atoms with Gasteiger partial charge in [0, 0.05) is 10.9 Å². The van der Waals surface area contributed by atoms with Crippen molar-refractivity contribution in [3.8, 4) is 0 Å². The van der Waals surface area contributed by atoms with Crippen molar-refractivity contribution in [1.82, 2.24) is 0 Å². The smallest absolute Gasteiger partial charge is 0.0912 e. The van der Waals surface area contributed by atoms with E-state index in [1.165, 1.54) is 5.56 Å². The summed E-state index contributed by atoms with van der Waals surface area (Å²) >= 11 is 1.61. The standard InChI is InChI=1S/C8H12FNS.ClH/c1-6-3-5-11-8(6)7(10)2-4-9;/h3,5,7H,2,4,10H2,1H3;1H/t7-;/m1./s1. The summed E-state index contributed by atoms with van der Waals surface area (Å²) in [6.45, 7) is 1.67. The number of aryl methyl sites for hydroxylation is 1. The molecule has 1 aromatic rings. The number of hydrogen-bond acceptors (Lipinski definition) is 2. The predicted molar refractivity (Wildman–Crippen MR) is 53.8 cm³/mol. The minimum Gasteiger partial charge on any atom is -0.323 e. The van der Waals surface area contributed by atoms with Crippen LogP contribution in [-0.2, 0) is 0 Å². The van der Waals surface area contributed by atoms with Gasteiger partial charge in [0.1, 0.15) is 0 Å². The van der Waals surface area contributed by atoms with Gasteiger partial charge in [-0.25, -0.2) is 0 Å². The Bertz CT molecular complexity index is 227. The molecule has 0 radical (unpaired) electrons. The van der Waals surface area contributed by atoms with Crippen LogP contribution in [0.3, 0.4) is 0 Å². The number of halogens is 2. The second kappa shape index (κ2) is 5.51. The predicted octanol–water partition coefficient (Wildman–Crippen LogP) is 2.84. The Morgan fingerprint density at radius 2 is 2.33 bits per heavy atom. The van der Waals surface area contributed by atoms with Gasteiger partial charge in [-0.05, 0) is 30.4 Å². The lowest BCUT2D eigenvalue weighted by molar-refractivity contribution is 0.443. The third kappa shape index (κ3) is 2.73. The molecule has 0 amide bonds. The summed E-state index contributed by atoms with van der Waals surface area (Å²) in [6.07, 6.45) is 0.432. The molecule has 0 spiro atoms. The van der Waals surface area contributed by atoms with Gasteiger partial charge in [0.05, 0.1) is 6.67 Å². The van der Waals surface area contributed by atoms with E-state index in [-0.39, 0.29) is 25.1 Å². The molecular weight excluding hydrogens is 197 g/mol. The molecule has 0 bridgehead atoms. The molecule has 0 aliphatic rings. The van der Waals surface area contributed by atoms with Crippen LogP contribution in [0.1, 0.15) is 22.9 Å². The summed E-state index contributed by atoms with van der Waals surface area (Å²) in [5.74, 6) is 0. The van der Waals surface area contributed by atoms with Gasteiger partial charge in [0.2, 0.25) is 0 Å². The van der Waals surface area contributed by atoms with Crippen LogP contribution in [0.15, 0.2) is 11.4 Å². The second-order valence-corrected chi connectivity index (χ2v) is 3.50. The molecule has 1 atom stereocenters. The molecule has 1 aromatic heterocycles. The topological polar surface area (TPSA) is 26.0 Å². The fourth-order valence-electron chi connectivity index (χ4n) is 1.01. The van der Waals surface area contributed by atoms with Crippen LogP contribution in [0.4, 0.5) is 4.39 Å². The summed E-state index contributed by atoms with van der Waals surface area (Å²) in [7, 11) is 0. The Kier molecular flexibility index (Phi) is 5.46. The normalized spacial score (nSPS) is 12.2. The zero-order valence-electron chi connectivity index (χ0n) is 6.92. The Hall–Kier alpha value is -0.120. The largest absolute Gasteiger partial charge is 0.323 e. The Balaban J connectivity index is 0.00000121. The third-order valence-corrected chi connectivity index (χ3v) is 2.81. The van der Waals surface area contributed by atoms with Crippen LogP contribution < -0.4 is 5.73 Å². The number of thiophene rings is 1. The fourth-order valence-corrected chi connectivity index (χ4v) is 1.98. The molecule has 0 saturated heterocycles. The number of alkyl halides is 1. The highest BCUT2D eigenvalue weighted by molar-refractivity contribution is 7.10. The summed E-state index contributed by atoms with van der Waals surface area (Å²) in [6, 6.07) is 1.90. The molecule has 0 fully saturated rings.